The van der Waals surface area contributed by atoms with Crippen molar-refractivity contribution in [2.24, 2.45) is 0 Å². The number of carbonyl (C=O) groups is 2. The fourth-order valence-corrected chi connectivity index (χ4v) is 1.72. The summed E-state index contributed by atoms with van der Waals surface area (Å²) in [5.74, 6) is -1.29. The van der Waals surface area contributed by atoms with Gasteiger partial charge in [0.2, 0.25) is 5.91 Å². The van der Waals surface area contributed by atoms with E-state index < -0.39 is 11.7 Å². The molecule has 0 heterocycles. The van der Waals surface area contributed by atoms with Gasteiger partial charge in [-0.1, -0.05) is 6.92 Å². The average Bonchev–Trinajstić information content (AvgIpc) is 2.41. The topological polar surface area (TPSA) is 58.2 Å². The number of halogens is 1. The summed E-state index contributed by atoms with van der Waals surface area (Å²) in [4.78, 5) is 23.8. The van der Waals surface area contributed by atoms with Crippen molar-refractivity contribution in [3.8, 4) is 0 Å². The van der Waals surface area contributed by atoms with Gasteiger partial charge >= 0.3 is 0 Å². The Labute approximate surface area is 123 Å². The van der Waals surface area contributed by atoms with Crippen LogP contribution >= 0.6 is 12.6 Å². The van der Waals surface area contributed by atoms with Crippen LogP contribution in [0, 0.1) is 5.82 Å². The SMILES string of the molecule is CCC(C)NC(=O)CCNC(=O)c1cc(S)ccc1F. The van der Waals surface area contributed by atoms with Gasteiger partial charge in [-0.3, -0.25) is 9.59 Å². The van der Waals surface area contributed by atoms with Crippen LogP contribution in [0.15, 0.2) is 23.1 Å². The summed E-state index contributed by atoms with van der Waals surface area (Å²) in [6.45, 7) is 4.04. The number of hydrogen-bond donors (Lipinski definition) is 3. The van der Waals surface area contributed by atoms with Gasteiger partial charge in [-0.25, -0.2) is 4.39 Å². The van der Waals surface area contributed by atoms with Crippen LogP contribution in [0.2, 0.25) is 0 Å². The van der Waals surface area contributed by atoms with Crippen molar-refractivity contribution >= 4 is 24.4 Å². The van der Waals surface area contributed by atoms with E-state index in [0.29, 0.717) is 4.90 Å². The molecule has 2 N–H and O–H groups in total. The fraction of sp³-hybridized carbons (Fsp3) is 0.429. The van der Waals surface area contributed by atoms with Crippen LogP contribution < -0.4 is 10.6 Å². The lowest BCUT2D eigenvalue weighted by molar-refractivity contribution is -0.121. The standard InChI is InChI=1S/C14H19FN2O2S/c1-3-9(2)17-13(18)6-7-16-14(19)11-8-10(20)4-5-12(11)15/h4-5,8-9,20H,3,6-7H2,1-2H3,(H,16,19)(H,17,18). The van der Waals surface area contributed by atoms with Crippen molar-refractivity contribution in [2.75, 3.05) is 6.54 Å². The van der Waals surface area contributed by atoms with Crippen molar-refractivity contribution in [1.82, 2.24) is 10.6 Å². The molecule has 4 nitrogen and oxygen atoms in total. The van der Waals surface area contributed by atoms with Gasteiger partial charge in [0.05, 0.1) is 5.56 Å². The molecule has 1 aromatic carbocycles. The van der Waals surface area contributed by atoms with E-state index in [-0.39, 0.29) is 30.5 Å². The van der Waals surface area contributed by atoms with Crippen LogP contribution in [-0.2, 0) is 4.79 Å². The van der Waals surface area contributed by atoms with E-state index in [1.54, 1.807) is 0 Å². The number of hydrogen-bond acceptors (Lipinski definition) is 3. The Morgan fingerprint density at radius 2 is 2.10 bits per heavy atom. The van der Waals surface area contributed by atoms with E-state index in [0.717, 1.165) is 6.42 Å². The van der Waals surface area contributed by atoms with E-state index in [1.807, 2.05) is 13.8 Å². The number of benzene rings is 1. The van der Waals surface area contributed by atoms with Crippen LogP contribution in [0.1, 0.15) is 37.0 Å². The molecule has 0 fully saturated rings. The maximum Gasteiger partial charge on any atom is 0.254 e. The van der Waals surface area contributed by atoms with Gasteiger partial charge in [0.15, 0.2) is 0 Å². The average molecular weight is 298 g/mol. The summed E-state index contributed by atoms with van der Waals surface area (Å²) >= 11 is 4.06. The molecule has 0 radical (unpaired) electrons. The highest BCUT2D eigenvalue weighted by atomic mass is 32.1. The zero-order valence-electron chi connectivity index (χ0n) is 11.6. The van der Waals surface area contributed by atoms with Gasteiger partial charge in [-0.15, -0.1) is 12.6 Å². The summed E-state index contributed by atoms with van der Waals surface area (Å²) in [6.07, 6.45) is 1.01. The molecule has 0 saturated heterocycles. The van der Waals surface area contributed by atoms with Crippen molar-refractivity contribution in [3.05, 3.63) is 29.6 Å². The third-order valence-corrected chi connectivity index (χ3v) is 3.13. The number of amides is 2. The van der Waals surface area contributed by atoms with Crippen LogP contribution in [0.4, 0.5) is 4.39 Å². The molecule has 0 aliphatic rings. The minimum atomic E-state index is -0.607. The van der Waals surface area contributed by atoms with Crippen molar-refractivity contribution < 1.29 is 14.0 Å². The smallest absolute Gasteiger partial charge is 0.254 e. The highest BCUT2D eigenvalue weighted by Crippen LogP contribution is 2.13. The molecule has 0 aliphatic heterocycles. The van der Waals surface area contributed by atoms with Crippen molar-refractivity contribution in [1.29, 1.82) is 0 Å². The summed E-state index contributed by atoms with van der Waals surface area (Å²) in [5, 5.41) is 5.30. The second kappa shape index (κ2) is 7.89. The third-order valence-electron chi connectivity index (χ3n) is 2.85. The van der Waals surface area contributed by atoms with Crippen LogP contribution in [0.3, 0.4) is 0 Å². The van der Waals surface area contributed by atoms with Crippen LogP contribution in [0.25, 0.3) is 0 Å². The first-order chi connectivity index (χ1) is 9.43. The van der Waals surface area contributed by atoms with E-state index in [4.69, 9.17) is 0 Å². The predicted molar refractivity (Wildman–Crippen MR) is 78.5 cm³/mol. The molecule has 0 aliphatic carbocycles. The largest absolute Gasteiger partial charge is 0.354 e. The summed E-state index contributed by atoms with van der Waals surface area (Å²) in [5.41, 5.74) is -0.0696. The molecule has 2 amide bonds. The molecule has 1 atom stereocenters. The Morgan fingerprint density at radius 3 is 2.75 bits per heavy atom. The molecule has 6 heteroatoms. The Balaban J connectivity index is 2.44. The number of nitrogens with one attached hydrogen (secondary N) is 2. The second-order valence-corrected chi connectivity index (χ2v) is 5.06. The van der Waals surface area contributed by atoms with Gasteiger partial charge < -0.3 is 10.6 Å². The molecule has 20 heavy (non-hydrogen) atoms. The molecule has 1 unspecified atom stereocenters. The van der Waals surface area contributed by atoms with Crippen LogP contribution in [-0.4, -0.2) is 24.4 Å². The van der Waals surface area contributed by atoms with Gasteiger partial charge in [-0.2, -0.15) is 0 Å². The number of rotatable bonds is 6. The Kier molecular flexibility index (Phi) is 6.51. The number of carbonyl (C=O) groups excluding carboxylic acids is 2. The summed E-state index contributed by atoms with van der Waals surface area (Å²) in [6, 6.07) is 4.12. The summed E-state index contributed by atoms with van der Waals surface area (Å²) in [7, 11) is 0. The Morgan fingerprint density at radius 1 is 1.40 bits per heavy atom. The molecular weight excluding hydrogens is 279 g/mol. The molecule has 0 bridgehead atoms. The maximum atomic E-state index is 13.4. The summed E-state index contributed by atoms with van der Waals surface area (Å²) < 4.78 is 13.4. The Bertz CT molecular complexity index is 494. The minimum absolute atomic E-state index is 0.0696. The number of thiol groups is 1. The highest BCUT2D eigenvalue weighted by Gasteiger charge is 2.12. The van der Waals surface area contributed by atoms with Crippen molar-refractivity contribution in [3.63, 3.8) is 0 Å². The van der Waals surface area contributed by atoms with E-state index in [9.17, 15) is 14.0 Å². The minimum Gasteiger partial charge on any atom is -0.354 e. The normalized spacial score (nSPS) is 11.8. The molecule has 0 saturated carbocycles. The predicted octanol–water partition coefficient (Wildman–Crippen LogP) is 2.15. The van der Waals surface area contributed by atoms with Gasteiger partial charge in [0.25, 0.3) is 5.91 Å². The zero-order valence-corrected chi connectivity index (χ0v) is 12.5. The molecule has 1 rings (SSSR count). The van der Waals surface area contributed by atoms with Crippen LogP contribution in [0.5, 0.6) is 0 Å². The Hall–Kier alpha value is -1.56. The molecular formula is C14H19FN2O2S. The molecule has 0 aromatic heterocycles. The maximum absolute atomic E-state index is 13.4. The first-order valence-electron chi connectivity index (χ1n) is 6.50. The van der Waals surface area contributed by atoms with E-state index >= 15 is 0 Å². The molecule has 1 aromatic rings. The van der Waals surface area contributed by atoms with Gasteiger partial charge in [-0.05, 0) is 31.5 Å². The fourth-order valence-electron chi connectivity index (χ4n) is 1.52. The first kappa shape index (κ1) is 16.5. The monoisotopic (exact) mass is 298 g/mol. The van der Waals surface area contributed by atoms with Crippen molar-refractivity contribution in [2.45, 2.75) is 37.6 Å². The lowest BCUT2D eigenvalue weighted by Crippen LogP contribution is -2.35. The third kappa shape index (κ3) is 5.21. The molecule has 110 valence electrons. The van der Waals surface area contributed by atoms with Gasteiger partial charge in [0, 0.05) is 23.9 Å². The van der Waals surface area contributed by atoms with Gasteiger partial charge in [0.1, 0.15) is 5.82 Å². The lowest BCUT2D eigenvalue weighted by atomic mass is 10.2. The highest BCUT2D eigenvalue weighted by molar-refractivity contribution is 7.80. The zero-order chi connectivity index (χ0) is 15.1. The second-order valence-electron chi connectivity index (χ2n) is 4.55. The molecule has 0 spiro atoms. The lowest BCUT2D eigenvalue weighted by Gasteiger charge is -2.11. The van der Waals surface area contributed by atoms with E-state index in [1.165, 1.54) is 18.2 Å². The first-order valence-corrected chi connectivity index (χ1v) is 6.94. The van der Waals surface area contributed by atoms with E-state index in [2.05, 4.69) is 23.3 Å². The quantitative estimate of drug-likeness (QED) is 0.705.